The Hall–Kier alpha value is -1.58. The lowest BCUT2D eigenvalue weighted by molar-refractivity contribution is -0.148. The Labute approximate surface area is 102 Å². The molecule has 0 saturated heterocycles. The van der Waals surface area contributed by atoms with Crippen LogP contribution in [0.15, 0.2) is 18.3 Å². The van der Waals surface area contributed by atoms with E-state index in [-0.39, 0.29) is 11.9 Å². The van der Waals surface area contributed by atoms with E-state index in [1.165, 1.54) is 0 Å². The molecule has 17 heavy (non-hydrogen) atoms. The standard InChI is InChI=1S/C13H19NO3/c1-4-10(3)12(13(16)17-5-2)14-8-6-7-11(14)9-15/h6-10,12H,4-5H2,1-3H3/t10-,12+/m1/s1. The van der Waals surface area contributed by atoms with Gasteiger partial charge in [-0.2, -0.15) is 0 Å². The first-order chi connectivity index (χ1) is 8.15. The summed E-state index contributed by atoms with van der Waals surface area (Å²) in [5.74, 6) is -0.152. The zero-order valence-corrected chi connectivity index (χ0v) is 10.6. The molecule has 0 bridgehead atoms. The number of carbonyl (C=O) groups is 2. The van der Waals surface area contributed by atoms with Crippen molar-refractivity contribution in [2.45, 2.75) is 33.2 Å². The van der Waals surface area contributed by atoms with E-state index in [4.69, 9.17) is 4.74 Å². The molecule has 0 amide bonds. The summed E-state index contributed by atoms with van der Waals surface area (Å²) in [6.07, 6.45) is 3.35. The van der Waals surface area contributed by atoms with Crippen molar-refractivity contribution in [3.05, 3.63) is 24.0 Å². The van der Waals surface area contributed by atoms with Gasteiger partial charge in [0.1, 0.15) is 6.04 Å². The monoisotopic (exact) mass is 237 g/mol. The molecule has 0 aliphatic rings. The lowest BCUT2D eigenvalue weighted by atomic mass is 9.99. The van der Waals surface area contributed by atoms with Gasteiger partial charge in [0.05, 0.1) is 12.3 Å². The maximum absolute atomic E-state index is 12.0. The Morgan fingerprint density at radius 1 is 1.53 bits per heavy atom. The second-order valence-electron chi connectivity index (χ2n) is 4.04. The van der Waals surface area contributed by atoms with Crippen molar-refractivity contribution in [1.82, 2.24) is 4.57 Å². The summed E-state index contributed by atoms with van der Waals surface area (Å²) < 4.78 is 6.77. The highest BCUT2D eigenvalue weighted by molar-refractivity contribution is 5.78. The lowest BCUT2D eigenvalue weighted by Crippen LogP contribution is -2.28. The molecule has 4 heteroatoms. The SMILES string of the molecule is CCOC(=O)[C@H]([C@H](C)CC)n1cccc1C=O. The Balaban J connectivity index is 3.05. The highest BCUT2D eigenvalue weighted by Crippen LogP contribution is 2.24. The normalized spacial score (nSPS) is 14.1. The molecule has 0 fully saturated rings. The average Bonchev–Trinajstić information content (AvgIpc) is 2.77. The van der Waals surface area contributed by atoms with E-state index < -0.39 is 6.04 Å². The Bertz CT molecular complexity index is 384. The van der Waals surface area contributed by atoms with Crippen LogP contribution in [0.4, 0.5) is 0 Å². The van der Waals surface area contributed by atoms with Crippen LogP contribution in [0.3, 0.4) is 0 Å². The zero-order chi connectivity index (χ0) is 12.8. The van der Waals surface area contributed by atoms with E-state index in [0.717, 1.165) is 12.7 Å². The number of nitrogens with zero attached hydrogens (tertiary/aromatic N) is 1. The van der Waals surface area contributed by atoms with E-state index in [1.807, 2.05) is 13.8 Å². The van der Waals surface area contributed by atoms with Gasteiger partial charge in [-0.15, -0.1) is 0 Å². The van der Waals surface area contributed by atoms with Crippen LogP contribution < -0.4 is 0 Å². The number of carbonyl (C=O) groups excluding carboxylic acids is 2. The van der Waals surface area contributed by atoms with Gasteiger partial charge in [0, 0.05) is 6.20 Å². The molecule has 0 radical (unpaired) electrons. The van der Waals surface area contributed by atoms with Crippen molar-refractivity contribution in [2.75, 3.05) is 6.61 Å². The summed E-state index contributed by atoms with van der Waals surface area (Å²) in [5.41, 5.74) is 0.503. The first-order valence-electron chi connectivity index (χ1n) is 5.94. The molecule has 0 N–H and O–H groups in total. The molecular formula is C13H19NO3. The number of hydrogen-bond acceptors (Lipinski definition) is 3. The molecule has 2 atom stereocenters. The number of rotatable bonds is 6. The zero-order valence-electron chi connectivity index (χ0n) is 10.6. The van der Waals surface area contributed by atoms with Crippen molar-refractivity contribution < 1.29 is 14.3 Å². The quantitative estimate of drug-likeness (QED) is 0.564. The second-order valence-corrected chi connectivity index (χ2v) is 4.04. The number of hydrogen-bond donors (Lipinski definition) is 0. The number of esters is 1. The Kier molecular flexibility index (Phi) is 4.94. The molecule has 1 rings (SSSR count). The van der Waals surface area contributed by atoms with Crippen molar-refractivity contribution in [3.63, 3.8) is 0 Å². The van der Waals surface area contributed by atoms with Crippen molar-refractivity contribution in [3.8, 4) is 0 Å². The van der Waals surface area contributed by atoms with Gasteiger partial charge in [0.15, 0.2) is 6.29 Å². The fourth-order valence-corrected chi connectivity index (χ4v) is 1.83. The Morgan fingerprint density at radius 3 is 2.76 bits per heavy atom. The maximum Gasteiger partial charge on any atom is 0.329 e. The van der Waals surface area contributed by atoms with Gasteiger partial charge in [0.25, 0.3) is 0 Å². The summed E-state index contributed by atoms with van der Waals surface area (Å²) in [5, 5.41) is 0. The molecule has 0 aliphatic heterocycles. The highest BCUT2D eigenvalue weighted by Gasteiger charge is 2.28. The van der Waals surface area contributed by atoms with E-state index in [9.17, 15) is 9.59 Å². The molecule has 0 aliphatic carbocycles. The van der Waals surface area contributed by atoms with Gasteiger partial charge < -0.3 is 9.30 Å². The van der Waals surface area contributed by atoms with Gasteiger partial charge in [-0.1, -0.05) is 20.3 Å². The molecule has 0 unspecified atom stereocenters. The second kappa shape index (κ2) is 6.23. The molecule has 1 heterocycles. The maximum atomic E-state index is 12.0. The average molecular weight is 237 g/mol. The topological polar surface area (TPSA) is 48.3 Å². The highest BCUT2D eigenvalue weighted by atomic mass is 16.5. The van der Waals surface area contributed by atoms with Gasteiger partial charge in [0.2, 0.25) is 0 Å². The van der Waals surface area contributed by atoms with E-state index >= 15 is 0 Å². The van der Waals surface area contributed by atoms with Gasteiger partial charge in [-0.25, -0.2) is 4.79 Å². The first-order valence-corrected chi connectivity index (χ1v) is 5.94. The van der Waals surface area contributed by atoms with E-state index in [2.05, 4.69) is 0 Å². The fourth-order valence-electron chi connectivity index (χ4n) is 1.83. The van der Waals surface area contributed by atoms with Crippen LogP contribution >= 0.6 is 0 Å². The van der Waals surface area contributed by atoms with E-state index in [1.54, 1.807) is 29.8 Å². The molecule has 0 aromatic carbocycles. The van der Waals surface area contributed by atoms with Gasteiger partial charge in [-0.3, -0.25) is 4.79 Å². The summed E-state index contributed by atoms with van der Waals surface area (Å²) in [4.78, 5) is 22.9. The van der Waals surface area contributed by atoms with Crippen LogP contribution in [-0.4, -0.2) is 23.4 Å². The van der Waals surface area contributed by atoms with Gasteiger partial charge in [-0.05, 0) is 25.0 Å². The van der Waals surface area contributed by atoms with Crippen LogP contribution in [-0.2, 0) is 9.53 Å². The van der Waals surface area contributed by atoms with E-state index in [0.29, 0.717) is 12.3 Å². The third-order valence-corrected chi connectivity index (χ3v) is 2.94. The number of aldehydes is 1. The van der Waals surface area contributed by atoms with Crippen molar-refractivity contribution >= 4 is 12.3 Å². The molecule has 0 spiro atoms. The van der Waals surface area contributed by atoms with Crippen LogP contribution in [0.1, 0.15) is 43.7 Å². The molecule has 0 saturated carbocycles. The number of aromatic nitrogens is 1. The molecule has 1 aromatic rings. The first kappa shape index (κ1) is 13.5. The van der Waals surface area contributed by atoms with Crippen LogP contribution in [0.2, 0.25) is 0 Å². The van der Waals surface area contributed by atoms with Crippen LogP contribution in [0.5, 0.6) is 0 Å². The summed E-state index contributed by atoms with van der Waals surface area (Å²) in [6, 6.07) is 3.04. The molecule has 4 nitrogen and oxygen atoms in total. The summed E-state index contributed by atoms with van der Waals surface area (Å²) in [7, 11) is 0. The van der Waals surface area contributed by atoms with Crippen LogP contribution in [0.25, 0.3) is 0 Å². The summed E-state index contributed by atoms with van der Waals surface area (Å²) >= 11 is 0. The molecule has 1 aromatic heterocycles. The molecular weight excluding hydrogens is 218 g/mol. The minimum absolute atomic E-state index is 0.125. The van der Waals surface area contributed by atoms with Crippen molar-refractivity contribution in [1.29, 1.82) is 0 Å². The van der Waals surface area contributed by atoms with Crippen molar-refractivity contribution in [2.24, 2.45) is 5.92 Å². The Morgan fingerprint density at radius 2 is 2.24 bits per heavy atom. The smallest absolute Gasteiger partial charge is 0.329 e. The predicted octanol–water partition coefficient (Wildman–Crippen LogP) is 2.45. The number of ether oxygens (including phenoxy) is 1. The summed E-state index contributed by atoms with van der Waals surface area (Å²) in [6.45, 7) is 6.13. The lowest BCUT2D eigenvalue weighted by Gasteiger charge is -2.23. The fraction of sp³-hybridized carbons (Fsp3) is 0.538. The minimum atomic E-state index is -0.421. The minimum Gasteiger partial charge on any atom is -0.464 e. The predicted molar refractivity (Wildman–Crippen MR) is 64.9 cm³/mol. The third-order valence-electron chi connectivity index (χ3n) is 2.94. The molecule has 94 valence electrons. The third kappa shape index (κ3) is 2.96. The van der Waals surface area contributed by atoms with Crippen LogP contribution in [0, 0.1) is 5.92 Å². The largest absolute Gasteiger partial charge is 0.464 e. The van der Waals surface area contributed by atoms with Gasteiger partial charge >= 0.3 is 5.97 Å².